The number of imide groups is 2. The molecule has 0 fully saturated rings. The minimum Gasteiger partial charge on any atom is -0.319 e. The molecule has 0 aliphatic carbocycles. The Morgan fingerprint density at radius 2 is 0.970 bits per heavy atom. The quantitative estimate of drug-likeness (QED) is 0.271. The van der Waals surface area contributed by atoms with Gasteiger partial charge in [-0.2, -0.15) is 0 Å². The Labute approximate surface area is 192 Å². The molecule has 3 N–H and O–H groups in total. The van der Waals surface area contributed by atoms with E-state index >= 15 is 0 Å². The SMILES string of the molecule is C.C=C1NC(=O)C(C2=C(C)C(=O)C(=O)NC2=O)=C(C)C1=O.CSC1=C(C)C(=O)C(=O)NC1=O. The summed E-state index contributed by atoms with van der Waals surface area (Å²) >= 11 is 1.16. The van der Waals surface area contributed by atoms with Crippen LogP contribution in [0, 0.1) is 0 Å². The zero-order chi connectivity index (χ0) is 24.5. The first-order valence-electron chi connectivity index (χ1n) is 8.85. The molecule has 0 spiro atoms. The average molecular weight is 475 g/mol. The number of Topliss-reactive ketones (excluding diaryl/α,β-unsaturated/α-hetero) is 3. The summed E-state index contributed by atoms with van der Waals surface area (Å²) in [6.07, 6.45) is 1.68. The highest BCUT2D eigenvalue weighted by atomic mass is 32.2. The van der Waals surface area contributed by atoms with Crippen LogP contribution < -0.4 is 16.0 Å². The Morgan fingerprint density at radius 3 is 1.45 bits per heavy atom. The normalized spacial score (nSPS) is 19.1. The van der Waals surface area contributed by atoms with E-state index in [4.69, 9.17) is 0 Å². The van der Waals surface area contributed by atoms with Crippen LogP contribution in [0.1, 0.15) is 28.2 Å². The minimum atomic E-state index is -1.05. The molecule has 3 aliphatic heterocycles. The van der Waals surface area contributed by atoms with Crippen molar-refractivity contribution in [3.63, 3.8) is 0 Å². The van der Waals surface area contributed by atoms with Gasteiger partial charge < -0.3 is 5.32 Å². The van der Waals surface area contributed by atoms with Crippen molar-refractivity contribution >= 4 is 58.6 Å². The number of thioether (sulfide) groups is 1. The highest BCUT2D eigenvalue weighted by Crippen LogP contribution is 2.26. The summed E-state index contributed by atoms with van der Waals surface area (Å²) in [6, 6.07) is 0. The average Bonchev–Trinajstić information content (AvgIpc) is 2.72. The summed E-state index contributed by atoms with van der Waals surface area (Å²) in [6.45, 7) is 7.48. The van der Waals surface area contributed by atoms with E-state index in [2.05, 4.69) is 11.9 Å². The molecule has 0 bridgehead atoms. The maximum absolute atomic E-state index is 11.9. The van der Waals surface area contributed by atoms with Gasteiger partial charge in [0.25, 0.3) is 29.5 Å². The van der Waals surface area contributed by atoms with E-state index in [-0.39, 0.29) is 41.0 Å². The molecule has 12 heteroatoms. The summed E-state index contributed by atoms with van der Waals surface area (Å²) in [5.41, 5.74) is -0.498. The van der Waals surface area contributed by atoms with Crippen LogP contribution >= 0.6 is 11.8 Å². The third-order valence-corrected chi connectivity index (χ3v) is 5.53. The first-order chi connectivity index (χ1) is 14.8. The molecule has 0 unspecified atom stereocenters. The van der Waals surface area contributed by atoms with Crippen molar-refractivity contribution in [2.24, 2.45) is 0 Å². The largest absolute Gasteiger partial charge is 0.319 e. The standard InChI is InChI=1S/C13H10N2O5.C7H7NO3S.CH4/c1-4-7(11(18)14-6(3)9(4)16)8-5(2)10(17)13(20)15-12(8)19;1-3-4(9)6(10)8-7(11)5(3)12-2;/h3H2,1-2H3,(H,14,18)(H,15,19,20);1-2H3,(H,8,10,11);1H4. The number of nitrogens with one attached hydrogen (secondary N) is 3. The second kappa shape index (κ2) is 10.1. The van der Waals surface area contributed by atoms with Gasteiger partial charge in [0.1, 0.15) is 0 Å². The van der Waals surface area contributed by atoms with E-state index in [0.717, 1.165) is 11.8 Å². The number of ketones is 3. The fourth-order valence-corrected chi connectivity index (χ4v) is 3.59. The molecule has 11 nitrogen and oxygen atoms in total. The van der Waals surface area contributed by atoms with Crippen molar-refractivity contribution in [1.82, 2.24) is 16.0 Å². The number of carbonyl (C=O) groups excluding carboxylic acids is 8. The predicted octanol–water partition coefficient (Wildman–Crippen LogP) is -0.457. The number of rotatable bonds is 2. The molecule has 0 saturated carbocycles. The topological polar surface area (TPSA) is 173 Å². The van der Waals surface area contributed by atoms with Crippen LogP contribution in [0.5, 0.6) is 0 Å². The third kappa shape index (κ3) is 4.95. The van der Waals surface area contributed by atoms with E-state index in [9.17, 15) is 38.4 Å². The van der Waals surface area contributed by atoms with Crippen molar-refractivity contribution in [3.05, 3.63) is 45.0 Å². The maximum atomic E-state index is 11.9. The lowest BCUT2D eigenvalue weighted by Gasteiger charge is -2.23. The van der Waals surface area contributed by atoms with Gasteiger partial charge in [-0.15, -0.1) is 11.8 Å². The highest BCUT2D eigenvalue weighted by molar-refractivity contribution is 8.03. The predicted molar refractivity (Wildman–Crippen MR) is 117 cm³/mol. The molecule has 3 aliphatic rings. The molecule has 5 amide bonds. The molecule has 0 atom stereocenters. The molecule has 0 aromatic carbocycles. The molecule has 0 aromatic rings. The summed E-state index contributed by atoms with van der Waals surface area (Å²) in [5, 5.41) is 6.02. The molecule has 0 radical (unpaired) electrons. The fraction of sp³-hybridized carbons (Fsp3) is 0.238. The Bertz CT molecular complexity index is 1110. The molecular formula is C21H21N3O8S. The summed E-state index contributed by atoms with van der Waals surface area (Å²) in [7, 11) is 0. The molecular weight excluding hydrogens is 454 g/mol. The van der Waals surface area contributed by atoms with Gasteiger partial charge in [0.05, 0.1) is 21.7 Å². The van der Waals surface area contributed by atoms with E-state index in [1.807, 2.05) is 10.6 Å². The van der Waals surface area contributed by atoms with E-state index in [1.165, 1.54) is 20.8 Å². The number of hydrogen-bond donors (Lipinski definition) is 3. The zero-order valence-corrected chi connectivity index (χ0v) is 18.2. The van der Waals surface area contributed by atoms with Crippen molar-refractivity contribution in [3.8, 4) is 0 Å². The lowest BCUT2D eigenvalue weighted by atomic mass is 9.87. The molecule has 33 heavy (non-hydrogen) atoms. The lowest BCUT2D eigenvalue weighted by Crippen LogP contribution is -2.46. The van der Waals surface area contributed by atoms with E-state index < -0.39 is 46.9 Å². The summed E-state index contributed by atoms with van der Waals surface area (Å²) in [5.74, 6) is -6.03. The van der Waals surface area contributed by atoms with Gasteiger partial charge in [-0.05, 0) is 27.0 Å². The lowest BCUT2D eigenvalue weighted by molar-refractivity contribution is -0.139. The van der Waals surface area contributed by atoms with Crippen LogP contribution in [0.15, 0.2) is 45.0 Å². The van der Waals surface area contributed by atoms with Crippen LogP contribution in [0.2, 0.25) is 0 Å². The van der Waals surface area contributed by atoms with Gasteiger partial charge in [-0.25, -0.2) is 0 Å². The second-order valence-corrected chi connectivity index (χ2v) is 7.46. The molecule has 3 heterocycles. The van der Waals surface area contributed by atoms with Crippen molar-refractivity contribution < 1.29 is 38.4 Å². The van der Waals surface area contributed by atoms with E-state index in [0.29, 0.717) is 4.91 Å². The van der Waals surface area contributed by atoms with Gasteiger partial charge in [-0.1, -0.05) is 14.0 Å². The molecule has 0 aromatic heterocycles. The second-order valence-electron chi connectivity index (χ2n) is 6.64. The van der Waals surface area contributed by atoms with Crippen LogP contribution in [-0.4, -0.2) is 53.1 Å². The van der Waals surface area contributed by atoms with Crippen LogP contribution in [0.4, 0.5) is 0 Å². The Kier molecular flexibility index (Phi) is 8.32. The summed E-state index contributed by atoms with van der Waals surface area (Å²) < 4.78 is 0. The van der Waals surface area contributed by atoms with Gasteiger partial charge in [0.2, 0.25) is 17.3 Å². The van der Waals surface area contributed by atoms with Gasteiger partial charge in [-0.3, -0.25) is 49.0 Å². The minimum absolute atomic E-state index is 0. The number of allylic oxidation sites excluding steroid dienone is 1. The molecule has 0 saturated heterocycles. The van der Waals surface area contributed by atoms with Crippen molar-refractivity contribution in [1.29, 1.82) is 0 Å². The van der Waals surface area contributed by atoms with Gasteiger partial charge in [0.15, 0.2) is 0 Å². The maximum Gasteiger partial charge on any atom is 0.298 e. The smallest absolute Gasteiger partial charge is 0.298 e. The van der Waals surface area contributed by atoms with Crippen LogP contribution in [0.3, 0.4) is 0 Å². The Morgan fingerprint density at radius 1 is 0.576 bits per heavy atom. The summed E-state index contributed by atoms with van der Waals surface area (Å²) in [4.78, 5) is 91.5. The Balaban J connectivity index is 0.000000361. The van der Waals surface area contributed by atoms with Crippen LogP contribution in [-0.2, 0) is 38.4 Å². The zero-order valence-electron chi connectivity index (χ0n) is 17.4. The third-order valence-electron chi connectivity index (χ3n) is 4.63. The number of carbonyl (C=O) groups is 8. The fourth-order valence-electron chi connectivity index (χ4n) is 2.95. The number of hydrogen-bond acceptors (Lipinski definition) is 9. The first kappa shape index (κ1) is 27.1. The Hall–Kier alpha value is -3.93. The van der Waals surface area contributed by atoms with Gasteiger partial charge in [0, 0.05) is 16.7 Å². The highest BCUT2D eigenvalue weighted by Gasteiger charge is 2.38. The molecule has 174 valence electrons. The van der Waals surface area contributed by atoms with Crippen molar-refractivity contribution in [2.75, 3.05) is 6.26 Å². The first-order valence-corrected chi connectivity index (χ1v) is 10.1. The number of amides is 5. The molecule has 3 rings (SSSR count). The van der Waals surface area contributed by atoms with Crippen LogP contribution in [0.25, 0.3) is 0 Å². The van der Waals surface area contributed by atoms with Gasteiger partial charge >= 0.3 is 0 Å². The van der Waals surface area contributed by atoms with Crippen molar-refractivity contribution in [2.45, 2.75) is 28.2 Å². The van der Waals surface area contributed by atoms with E-state index in [1.54, 1.807) is 6.26 Å². The monoisotopic (exact) mass is 475 g/mol.